The van der Waals surface area contributed by atoms with Gasteiger partial charge < -0.3 is 9.80 Å². The summed E-state index contributed by atoms with van der Waals surface area (Å²) in [5.74, 6) is -0.711. The van der Waals surface area contributed by atoms with Gasteiger partial charge in [0.2, 0.25) is 0 Å². The molecule has 8 nitrogen and oxygen atoms in total. The summed E-state index contributed by atoms with van der Waals surface area (Å²) in [7, 11) is 0.0424. The van der Waals surface area contributed by atoms with Crippen molar-refractivity contribution in [2.45, 2.75) is 37.5 Å². The Bertz CT molecular complexity index is 1410. The third kappa shape index (κ3) is 7.82. The number of carbonyl (C=O) groups excluding carboxylic acids is 1. The molecular formula is C31H41N5O3S2. The first-order valence-corrected chi connectivity index (χ1v) is 16.5. The van der Waals surface area contributed by atoms with Gasteiger partial charge in [0.1, 0.15) is 0 Å². The molecule has 4 rings (SSSR count). The largest absolute Gasteiger partial charge is 0.350 e. The van der Waals surface area contributed by atoms with Crippen LogP contribution in [0.1, 0.15) is 31.7 Å². The van der Waals surface area contributed by atoms with Gasteiger partial charge in [0.15, 0.2) is 5.13 Å². The van der Waals surface area contributed by atoms with E-state index in [0.717, 1.165) is 97.3 Å². The molecule has 0 atom stereocenters. The fourth-order valence-corrected chi connectivity index (χ4v) is 7.02. The highest BCUT2D eigenvalue weighted by Crippen LogP contribution is 2.32. The smallest absolute Gasteiger partial charge is 0.271 e. The van der Waals surface area contributed by atoms with Crippen LogP contribution in [0.5, 0.6) is 0 Å². The number of thiazole rings is 1. The Kier molecular flexibility index (Phi) is 10.7. The number of aromatic nitrogens is 1. The number of anilines is 2. The summed E-state index contributed by atoms with van der Waals surface area (Å²) in [5.41, 5.74) is 2.80. The first-order valence-electron chi connectivity index (χ1n) is 14.2. The Morgan fingerprint density at radius 2 is 1.83 bits per heavy atom. The SMILES string of the molecule is C=CC(=O)N(c1cccc(-c2csc(N(C)CCN3CCN(C)CC3)n2)c1)S(=O)(=O)c1ccc(CCCCC)cc1. The summed E-state index contributed by atoms with van der Waals surface area (Å²) in [6, 6.07) is 13.7. The van der Waals surface area contributed by atoms with Crippen molar-refractivity contribution < 1.29 is 13.2 Å². The first kappa shape index (κ1) is 30.9. The second-order valence-corrected chi connectivity index (χ2v) is 13.2. The zero-order valence-corrected chi connectivity index (χ0v) is 26.0. The van der Waals surface area contributed by atoms with Crippen LogP contribution in [0, 0.1) is 0 Å². The van der Waals surface area contributed by atoms with Crippen LogP contribution in [-0.4, -0.2) is 82.5 Å². The van der Waals surface area contributed by atoms with Crippen molar-refractivity contribution in [3.63, 3.8) is 0 Å². The maximum Gasteiger partial charge on any atom is 0.271 e. The van der Waals surface area contributed by atoms with Crippen molar-refractivity contribution in [2.75, 3.05) is 62.6 Å². The second-order valence-electron chi connectivity index (χ2n) is 10.5. The lowest BCUT2D eigenvalue weighted by atomic mass is 10.1. The maximum absolute atomic E-state index is 13.7. The minimum Gasteiger partial charge on any atom is -0.350 e. The van der Waals surface area contributed by atoms with Gasteiger partial charge in [-0.1, -0.05) is 50.6 Å². The van der Waals surface area contributed by atoms with Gasteiger partial charge >= 0.3 is 0 Å². The molecule has 3 aromatic rings. The van der Waals surface area contributed by atoms with E-state index >= 15 is 0 Å². The normalized spacial score (nSPS) is 14.6. The summed E-state index contributed by atoms with van der Waals surface area (Å²) in [6.07, 6.45) is 5.23. The van der Waals surface area contributed by atoms with Crippen LogP contribution < -0.4 is 9.21 Å². The predicted molar refractivity (Wildman–Crippen MR) is 169 cm³/mol. The van der Waals surface area contributed by atoms with Gasteiger partial charge in [0.25, 0.3) is 15.9 Å². The molecule has 41 heavy (non-hydrogen) atoms. The highest BCUT2D eigenvalue weighted by molar-refractivity contribution is 7.93. The fourth-order valence-electron chi connectivity index (χ4n) is 4.80. The van der Waals surface area contributed by atoms with E-state index in [1.165, 1.54) is 0 Å². The molecule has 0 spiro atoms. The zero-order chi connectivity index (χ0) is 29.4. The van der Waals surface area contributed by atoms with Crippen LogP contribution in [0.4, 0.5) is 10.8 Å². The van der Waals surface area contributed by atoms with Crippen molar-refractivity contribution in [2.24, 2.45) is 0 Å². The van der Waals surface area contributed by atoms with E-state index in [1.54, 1.807) is 41.7 Å². The molecule has 1 amide bonds. The number of piperazine rings is 1. The quantitative estimate of drug-likeness (QED) is 0.200. The molecule has 1 aliphatic rings. The van der Waals surface area contributed by atoms with Crippen LogP contribution in [0.3, 0.4) is 0 Å². The molecular weight excluding hydrogens is 555 g/mol. The maximum atomic E-state index is 13.7. The van der Waals surface area contributed by atoms with Gasteiger partial charge in [-0.05, 0) is 55.8 Å². The van der Waals surface area contributed by atoms with Gasteiger partial charge in [-0.25, -0.2) is 13.4 Å². The molecule has 0 bridgehead atoms. The molecule has 0 radical (unpaired) electrons. The number of unbranched alkanes of at least 4 members (excludes halogenated alkanes) is 2. The van der Waals surface area contributed by atoms with E-state index < -0.39 is 15.9 Å². The third-order valence-corrected chi connectivity index (χ3v) is 10.1. The van der Waals surface area contributed by atoms with Crippen LogP contribution in [-0.2, 0) is 21.2 Å². The van der Waals surface area contributed by atoms with E-state index in [9.17, 15) is 13.2 Å². The number of likely N-dealkylation sites (N-methyl/N-ethyl adjacent to an activating group) is 2. The number of rotatable bonds is 13. The van der Waals surface area contributed by atoms with Gasteiger partial charge in [-0.2, -0.15) is 4.31 Å². The van der Waals surface area contributed by atoms with Gasteiger partial charge in [-0.15, -0.1) is 11.3 Å². The molecule has 1 aromatic heterocycles. The predicted octanol–water partition coefficient (Wildman–Crippen LogP) is 5.13. The number of hydrogen-bond acceptors (Lipinski definition) is 8. The monoisotopic (exact) mass is 595 g/mol. The lowest BCUT2D eigenvalue weighted by molar-refractivity contribution is -0.113. The number of aryl methyl sites for hydroxylation is 1. The fraction of sp³-hybridized carbons (Fsp3) is 0.419. The minimum absolute atomic E-state index is 0.0651. The molecule has 0 N–H and O–H groups in total. The zero-order valence-electron chi connectivity index (χ0n) is 24.3. The molecule has 10 heteroatoms. The lowest BCUT2D eigenvalue weighted by Gasteiger charge is -2.33. The highest BCUT2D eigenvalue weighted by Gasteiger charge is 2.30. The highest BCUT2D eigenvalue weighted by atomic mass is 32.2. The Hall–Kier alpha value is -3.05. The average molecular weight is 596 g/mol. The third-order valence-electron chi connectivity index (χ3n) is 7.45. The van der Waals surface area contributed by atoms with E-state index in [-0.39, 0.29) is 10.6 Å². The Labute approximate surface area is 249 Å². The molecule has 2 aromatic carbocycles. The van der Waals surface area contributed by atoms with Crippen LogP contribution in [0.2, 0.25) is 0 Å². The minimum atomic E-state index is -4.16. The topological polar surface area (TPSA) is 77.1 Å². The van der Waals surface area contributed by atoms with Gasteiger partial charge in [-0.3, -0.25) is 9.69 Å². The number of amides is 1. The van der Waals surface area contributed by atoms with Crippen LogP contribution in [0.25, 0.3) is 11.3 Å². The summed E-state index contributed by atoms with van der Waals surface area (Å²) >= 11 is 1.55. The Morgan fingerprint density at radius 1 is 1.10 bits per heavy atom. The summed E-state index contributed by atoms with van der Waals surface area (Å²) in [6.45, 7) is 11.9. The molecule has 1 aliphatic heterocycles. The van der Waals surface area contributed by atoms with E-state index in [1.807, 2.05) is 30.6 Å². The number of nitrogens with zero attached hydrogens (tertiary/aromatic N) is 5. The molecule has 1 saturated heterocycles. The van der Waals surface area contributed by atoms with Gasteiger partial charge in [0, 0.05) is 57.3 Å². The summed E-state index contributed by atoms with van der Waals surface area (Å²) in [4.78, 5) is 24.8. The molecule has 0 aliphatic carbocycles. The number of carbonyl (C=O) groups is 1. The number of benzene rings is 2. The second kappa shape index (κ2) is 14.2. The van der Waals surface area contributed by atoms with E-state index in [0.29, 0.717) is 0 Å². The van der Waals surface area contributed by atoms with Gasteiger partial charge in [0.05, 0.1) is 16.3 Å². The van der Waals surface area contributed by atoms with Crippen molar-refractivity contribution in [1.82, 2.24) is 14.8 Å². The van der Waals surface area contributed by atoms with Crippen molar-refractivity contribution in [3.8, 4) is 11.3 Å². The van der Waals surface area contributed by atoms with Crippen molar-refractivity contribution in [3.05, 3.63) is 72.1 Å². The van der Waals surface area contributed by atoms with Crippen molar-refractivity contribution >= 4 is 38.1 Å². The molecule has 2 heterocycles. The molecule has 1 fully saturated rings. The molecule has 0 unspecified atom stereocenters. The molecule has 220 valence electrons. The number of hydrogen-bond donors (Lipinski definition) is 0. The van der Waals surface area contributed by atoms with Crippen molar-refractivity contribution in [1.29, 1.82) is 0 Å². The summed E-state index contributed by atoms with van der Waals surface area (Å²) in [5, 5.41) is 2.86. The van der Waals surface area contributed by atoms with E-state index in [4.69, 9.17) is 4.98 Å². The Morgan fingerprint density at radius 3 is 2.51 bits per heavy atom. The number of sulfonamides is 1. The molecule has 0 saturated carbocycles. The first-order chi connectivity index (χ1) is 19.7. The van der Waals surface area contributed by atoms with E-state index in [2.05, 4.69) is 35.3 Å². The Balaban J connectivity index is 1.51. The van der Waals surface area contributed by atoms with Crippen LogP contribution >= 0.6 is 11.3 Å². The lowest BCUT2D eigenvalue weighted by Crippen LogP contribution is -2.46. The standard InChI is InChI=1S/C31H41N5O3S2/c1-5-7-8-10-25-13-15-28(16-14-25)41(38,39)36(30(37)6-2)27-12-9-11-26(23-27)29-24-40-31(32-29)34(4)19-22-35-20-17-33(3)18-21-35/h6,9,11-16,23-24H,2,5,7-8,10,17-22H2,1,3-4H3. The average Bonchev–Trinajstić information content (AvgIpc) is 3.48. The van der Waals surface area contributed by atoms with Crippen LogP contribution in [0.15, 0.2) is 71.5 Å². The summed E-state index contributed by atoms with van der Waals surface area (Å²) < 4.78 is 28.2.